The van der Waals surface area contributed by atoms with Crippen LogP contribution in [-0.2, 0) is 11.0 Å². The van der Waals surface area contributed by atoms with E-state index in [9.17, 15) is 18.4 Å². The number of hydrogen-bond acceptors (Lipinski definition) is 7. The highest BCUT2D eigenvalue weighted by Crippen LogP contribution is 2.38. The summed E-state index contributed by atoms with van der Waals surface area (Å²) in [6.45, 7) is 5.98. The zero-order chi connectivity index (χ0) is 29.5. The number of halogens is 4. The summed E-state index contributed by atoms with van der Waals surface area (Å²) < 4.78 is 42.9. The van der Waals surface area contributed by atoms with E-state index in [1.807, 2.05) is 34.8 Å². The van der Waals surface area contributed by atoms with Gasteiger partial charge in [-0.2, -0.15) is 9.65 Å². The van der Waals surface area contributed by atoms with Crippen LogP contribution < -0.4 is 10.6 Å². The first-order valence-electron chi connectivity index (χ1n) is 12.5. The number of aromatic nitrogens is 5. The molecule has 5 aromatic rings. The Balaban J connectivity index is 1.66. The molecule has 0 saturated carbocycles. The fourth-order valence-corrected chi connectivity index (χ4v) is 4.63. The van der Waals surface area contributed by atoms with Gasteiger partial charge in [0.05, 0.1) is 50.8 Å². The largest absolute Gasteiger partial charge is 0.378 e. The third-order valence-electron chi connectivity index (χ3n) is 6.62. The minimum absolute atomic E-state index is 0.123. The number of pyridine rings is 2. The van der Waals surface area contributed by atoms with Crippen molar-refractivity contribution in [1.29, 1.82) is 5.26 Å². The van der Waals surface area contributed by atoms with Gasteiger partial charge in [-0.15, -0.1) is 5.10 Å². The first kappa shape index (κ1) is 27.9. The molecule has 0 saturated heterocycles. The molecule has 1 unspecified atom stereocenters. The summed E-state index contributed by atoms with van der Waals surface area (Å²) in [5.74, 6) is -2.78. The van der Waals surface area contributed by atoms with Crippen molar-refractivity contribution in [1.82, 2.24) is 25.0 Å². The van der Waals surface area contributed by atoms with Gasteiger partial charge in [0.25, 0.3) is 0 Å². The topological polar surface area (TPSA) is 104 Å². The first-order valence-corrected chi connectivity index (χ1v) is 12.8. The molecule has 0 radical (unpaired) electrons. The summed E-state index contributed by atoms with van der Waals surface area (Å²) in [5.41, 5.74) is 1.35. The first-order chi connectivity index (χ1) is 19.4. The number of nitriles is 1. The molecule has 2 N–H and O–H groups in total. The third-order valence-corrected chi connectivity index (χ3v) is 6.91. The van der Waals surface area contributed by atoms with E-state index in [0.717, 1.165) is 12.3 Å². The molecule has 5 rings (SSSR count). The summed E-state index contributed by atoms with van der Waals surface area (Å²) in [5, 5.41) is 25.7. The Morgan fingerprint density at radius 1 is 1.00 bits per heavy atom. The number of benzene rings is 2. The molecule has 0 aliphatic carbocycles. The van der Waals surface area contributed by atoms with Crippen LogP contribution in [0, 0.1) is 28.9 Å². The molecule has 206 valence electrons. The van der Waals surface area contributed by atoms with Gasteiger partial charge in [-0.05, 0) is 50.6 Å². The number of fused-ring (bicyclic) bond motifs is 1. The molecular formula is C28H23BClF3N8. The fourth-order valence-electron chi connectivity index (χ4n) is 4.36. The lowest BCUT2D eigenvalue weighted by atomic mass is 9.69. The highest BCUT2D eigenvalue weighted by atomic mass is 35.5. The third kappa shape index (κ3) is 5.41. The quantitative estimate of drug-likeness (QED) is 0.201. The van der Waals surface area contributed by atoms with Crippen molar-refractivity contribution < 1.29 is 13.2 Å². The van der Waals surface area contributed by atoms with Crippen LogP contribution in [0.3, 0.4) is 0 Å². The Morgan fingerprint density at radius 3 is 2.37 bits per heavy atom. The molecule has 0 aliphatic rings. The zero-order valence-corrected chi connectivity index (χ0v) is 23.2. The molecule has 2 aromatic carbocycles. The van der Waals surface area contributed by atoms with Crippen LogP contribution in [-0.4, -0.2) is 32.8 Å². The molecule has 3 aromatic heterocycles. The van der Waals surface area contributed by atoms with E-state index in [4.69, 9.17) is 11.6 Å². The minimum Gasteiger partial charge on any atom is -0.378 e. The van der Waals surface area contributed by atoms with Crippen LogP contribution in [0.15, 0.2) is 61.1 Å². The second-order valence-electron chi connectivity index (χ2n) is 10.6. The maximum absolute atomic E-state index is 13.9. The Bertz CT molecular complexity index is 1810. The van der Waals surface area contributed by atoms with Crippen LogP contribution in [0.2, 0.25) is 5.02 Å². The number of nitrogens with zero attached hydrogens (tertiary/aromatic N) is 6. The van der Waals surface area contributed by atoms with Gasteiger partial charge < -0.3 is 10.6 Å². The SMILES string of the molecule is BC(Nc1cc(Cl)c2ncc(C#N)c(Nc3cnc(F)c(F)c3)c2c1)(c1ccc(F)cc1)c1cn(C(C)(C)C)nn1. The van der Waals surface area contributed by atoms with Crippen molar-refractivity contribution in [2.75, 3.05) is 10.6 Å². The predicted octanol–water partition coefficient (Wildman–Crippen LogP) is 5.61. The lowest BCUT2D eigenvalue weighted by molar-refractivity contribution is 0.347. The highest BCUT2D eigenvalue weighted by molar-refractivity contribution is 6.36. The minimum atomic E-state index is -1.24. The molecule has 0 aliphatic heterocycles. The number of rotatable bonds is 6. The molecule has 0 spiro atoms. The van der Waals surface area contributed by atoms with Crippen LogP contribution in [0.4, 0.5) is 30.2 Å². The van der Waals surface area contributed by atoms with E-state index in [0.29, 0.717) is 27.8 Å². The van der Waals surface area contributed by atoms with Gasteiger partial charge in [-0.25, -0.2) is 18.4 Å². The second kappa shape index (κ2) is 10.4. The van der Waals surface area contributed by atoms with Gasteiger partial charge >= 0.3 is 0 Å². The monoisotopic (exact) mass is 574 g/mol. The average molecular weight is 575 g/mol. The molecule has 0 fully saturated rings. The Hall–Kier alpha value is -4.63. The van der Waals surface area contributed by atoms with E-state index in [-0.39, 0.29) is 33.3 Å². The van der Waals surface area contributed by atoms with Crippen LogP contribution in [0.25, 0.3) is 10.9 Å². The predicted molar refractivity (Wildman–Crippen MR) is 153 cm³/mol. The lowest BCUT2D eigenvalue weighted by Crippen LogP contribution is -2.38. The second-order valence-corrected chi connectivity index (χ2v) is 11.0. The summed E-state index contributed by atoms with van der Waals surface area (Å²) >= 11 is 6.67. The van der Waals surface area contributed by atoms with Gasteiger partial charge in [-0.1, -0.05) is 28.9 Å². The molecule has 0 bridgehead atoms. The molecular weight excluding hydrogens is 552 g/mol. The standard InChI is InChI=1S/C28H23BClF3N8/c1-27(2,3)41-14-23(39-40-41)28(29,16-4-6-17(31)7-5-16)38-18-8-20-24(37-19-10-22(32)26(33)36-13-19)15(11-34)12-35-25(20)21(30)9-18/h4-10,12-14,38H,29H2,1-3H3,(H,35,37). The van der Waals surface area contributed by atoms with Crippen LogP contribution in [0.5, 0.6) is 0 Å². The molecule has 8 nitrogen and oxygen atoms in total. The summed E-state index contributed by atoms with van der Waals surface area (Å²) in [6.07, 6.45) is 4.27. The smallest absolute Gasteiger partial charge is 0.249 e. The Kier molecular flexibility index (Phi) is 7.09. The lowest BCUT2D eigenvalue weighted by Gasteiger charge is -2.31. The van der Waals surface area contributed by atoms with Crippen molar-refractivity contribution in [2.24, 2.45) is 0 Å². The molecule has 0 amide bonds. The highest BCUT2D eigenvalue weighted by Gasteiger charge is 2.33. The van der Waals surface area contributed by atoms with Crippen molar-refractivity contribution in [3.8, 4) is 6.07 Å². The van der Waals surface area contributed by atoms with E-state index in [1.54, 1.807) is 28.9 Å². The van der Waals surface area contributed by atoms with E-state index < -0.39 is 17.2 Å². The van der Waals surface area contributed by atoms with Crippen molar-refractivity contribution in [2.45, 2.75) is 31.7 Å². The van der Waals surface area contributed by atoms with E-state index in [1.165, 1.54) is 18.3 Å². The molecule has 13 heteroatoms. The van der Waals surface area contributed by atoms with E-state index in [2.05, 4.69) is 37.0 Å². The normalized spacial score (nSPS) is 13.0. The van der Waals surface area contributed by atoms with Gasteiger partial charge in [0.15, 0.2) is 5.82 Å². The van der Waals surface area contributed by atoms with Gasteiger partial charge in [0, 0.05) is 23.3 Å². The number of nitrogens with one attached hydrogen (secondary N) is 2. The molecule has 41 heavy (non-hydrogen) atoms. The van der Waals surface area contributed by atoms with Gasteiger partial charge in [0.1, 0.15) is 25.4 Å². The number of hydrogen-bond donors (Lipinski definition) is 2. The van der Waals surface area contributed by atoms with E-state index >= 15 is 0 Å². The molecule has 3 heterocycles. The summed E-state index contributed by atoms with van der Waals surface area (Å²) in [6, 6.07) is 12.4. The number of anilines is 3. The van der Waals surface area contributed by atoms with Crippen molar-refractivity contribution in [3.05, 3.63) is 100 Å². The van der Waals surface area contributed by atoms with Crippen molar-refractivity contribution >= 4 is 47.4 Å². The maximum atomic E-state index is 13.9. The maximum Gasteiger partial charge on any atom is 0.249 e. The van der Waals surface area contributed by atoms with Crippen LogP contribution in [0.1, 0.15) is 37.6 Å². The Morgan fingerprint density at radius 2 is 1.73 bits per heavy atom. The Labute approximate surface area is 239 Å². The summed E-state index contributed by atoms with van der Waals surface area (Å²) in [7, 11) is 1.88. The van der Waals surface area contributed by atoms with Crippen LogP contribution >= 0.6 is 11.6 Å². The average Bonchev–Trinajstić information content (AvgIpc) is 3.44. The summed E-state index contributed by atoms with van der Waals surface area (Å²) in [4.78, 5) is 7.74. The van der Waals surface area contributed by atoms with Gasteiger partial charge in [0.2, 0.25) is 5.95 Å². The van der Waals surface area contributed by atoms with Crippen molar-refractivity contribution in [3.63, 3.8) is 0 Å². The fraction of sp³-hybridized carbons (Fsp3) is 0.179. The van der Waals surface area contributed by atoms with Gasteiger partial charge in [-0.3, -0.25) is 4.98 Å². The molecule has 1 atom stereocenters. The zero-order valence-electron chi connectivity index (χ0n) is 22.5.